The molecule has 0 atom stereocenters. The molecule has 0 radical (unpaired) electrons. The van der Waals surface area contributed by atoms with Gasteiger partial charge in [0, 0.05) is 16.7 Å². The quantitative estimate of drug-likeness (QED) is 0.820. The summed E-state index contributed by atoms with van der Waals surface area (Å²) in [7, 11) is 0. The number of hydrogen-bond acceptors (Lipinski definition) is 5. The second-order valence-corrected chi connectivity index (χ2v) is 6.22. The Labute approximate surface area is 133 Å². The molecule has 2 rings (SSSR count). The lowest BCUT2D eigenvalue weighted by atomic mass is 10.1. The Morgan fingerprint density at radius 2 is 2.10 bits per heavy atom. The zero-order valence-electron chi connectivity index (χ0n) is 12.5. The van der Waals surface area contributed by atoms with Crippen molar-refractivity contribution in [3.05, 3.63) is 34.4 Å². The molecule has 2 N–H and O–H groups in total. The van der Waals surface area contributed by atoms with Crippen LogP contribution in [0.25, 0.3) is 0 Å². The fourth-order valence-electron chi connectivity index (χ4n) is 1.73. The fraction of sp³-hybridized carbons (Fsp3) is 0.400. The van der Waals surface area contributed by atoms with Gasteiger partial charge in [-0.2, -0.15) is 10.1 Å². The van der Waals surface area contributed by atoms with Gasteiger partial charge in [-0.25, -0.2) is 0 Å². The molecule has 0 spiro atoms. The molecular weight excluding hydrogens is 330 g/mol. The lowest BCUT2D eigenvalue weighted by Gasteiger charge is -2.09. The molecule has 0 unspecified atom stereocenters. The van der Waals surface area contributed by atoms with E-state index >= 15 is 0 Å². The molecule has 0 aliphatic carbocycles. The van der Waals surface area contributed by atoms with Gasteiger partial charge in [0.25, 0.3) is 0 Å². The minimum Gasteiger partial charge on any atom is -0.353 e. The van der Waals surface area contributed by atoms with E-state index in [0.29, 0.717) is 17.7 Å². The van der Waals surface area contributed by atoms with Crippen LogP contribution < -0.4 is 10.6 Å². The summed E-state index contributed by atoms with van der Waals surface area (Å²) in [5, 5.41) is 14.4. The van der Waals surface area contributed by atoms with Gasteiger partial charge in [0.1, 0.15) is 0 Å². The standard InChI is InChI=1S/C15H20BrN5/c1-10(2)6-7-17-15-20-14(9-18-21-15)19-12-5-4-11(3)13(16)8-12/h4-5,8-10H,6-7H2,1-3H3,(H2,17,19,20,21). The summed E-state index contributed by atoms with van der Waals surface area (Å²) in [6.45, 7) is 7.28. The first kappa shape index (κ1) is 15.7. The van der Waals surface area contributed by atoms with Crippen molar-refractivity contribution in [2.24, 2.45) is 5.92 Å². The highest BCUT2D eigenvalue weighted by molar-refractivity contribution is 9.10. The molecule has 0 aliphatic heterocycles. The Morgan fingerprint density at radius 1 is 1.29 bits per heavy atom. The van der Waals surface area contributed by atoms with E-state index < -0.39 is 0 Å². The Bertz CT molecular complexity index is 600. The zero-order chi connectivity index (χ0) is 15.2. The average molecular weight is 350 g/mol. The summed E-state index contributed by atoms with van der Waals surface area (Å²) in [4.78, 5) is 4.41. The number of nitrogens with one attached hydrogen (secondary N) is 2. The topological polar surface area (TPSA) is 62.7 Å². The fourth-order valence-corrected chi connectivity index (χ4v) is 2.11. The van der Waals surface area contributed by atoms with E-state index in [9.17, 15) is 0 Å². The van der Waals surface area contributed by atoms with Gasteiger partial charge in [-0.1, -0.05) is 35.8 Å². The summed E-state index contributed by atoms with van der Waals surface area (Å²) < 4.78 is 1.06. The van der Waals surface area contributed by atoms with Gasteiger partial charge < -0.3 is 10.6 Å². The van der Waals surface area contributed by atoms with Crippen molar-refractivity contribution in [1.29, 1.82) is 0 Å². The van der Waals surface area contributed by atoms with Crippen molar-refractivity contribution in [3.8, 4) is 0 Å². The summed E-state index contributed by atoms with van der Waals surface area (Å²) in [5.74, 6) is 1.87. The minimum absolute atomic E-state index is 0.548. The van der Waals surface area contributed by atoms with Gasteiger partial charge in [-0.05, 0) is 37.0 Å². The Balaban J connectivity index is 2.01. The molecule has 0 bridgehead atoms. The summed E-state index contributed by atoms with van der Waals surface area (Å²) in [5.41, 5.74) is 2.15. The number of anilines is 3. The van der Waals surface area contributed by atoms with Gasteiger partial charge in [-0.3, -0.25) is 0 Å². The number of hydrogen-bond donors (Lipinski definition) is 2. The molecule has 2 aromatic rings. The maximum atomic E-state index is 4.41. The number of rotatable bonds is 6. The SMILES string of the molecule is Cc1ccc(Nc2cnnc(NCCC(C)C)n2)cc1Br. The molecule has 21 heavy (non-hydrogen) atoms. The Hall–Kier alpha value is -1.69. The molecule has 0 fully saturated rings. The number of aromatic nitrogens is 3. The van der Waals surface area contributed by atoms with E-state index in [0.717, 1.165) is 23.1 Å². The first-order valence-electron chi connectivity index (χ1n) is 7.01. The first-order chi connectivity index (χ1) is 10.0. The lowest BCUT2D eigenvalue weighted by Crippen LogP contribution is -2.09. The number of benzene rings is 1. The van der Waals surface area contributed by atoms with Gasteiger partial charge >= 0.3 is 0 Å². The molecule has 0 amide bonds. The summed E-state index contributed by atoms with van der Waals surface area (Å²) in [6.07, 6.45) is 2.69. The molecule has 0 saturated carbocycles. The van der Waals surface area contributed by atoms with Crippen LogP contribution in [-0.2, 0) is 0 Å². The molecule has 0 aliphatic rings. The van der Waals surface area contributed by atoms with Gasteiger partial charge in [-0.15, -0.1) is 5.10 Å². The highest BCUT2D eigenvalue weighted by Gasteiger charge is 2.03. The van der Waals surface area contributed by atoms with E-state index in [1.165, 1.54) is 5.56 Å². The summed E-state index contributed by atoms with van der Waals surface area (Å²) >= 11 is 3.52. The largest absolute Gasteiger partial charge is 0.353 e. The third-order valence-electron chi connectivity index (χ3n) is 3.01. The van der Waals surface area contributed by atoms with Crippen LogP contribution in [0.5, 0.6) is 0 Å². The number of halogens is 1. The highest BCUT2D eigenvalue weighted by Crippen LogP contribution is 2.22. The monoisotopic (exact) mass is 349 g/mol. The van der Waals surface area contributed by atoms with Gasteiger partial charge in [0.15, 0.2) is 5.82 Å². The predicted octanol–water partition coefficient (Wildman–Crippen LogP) is 4.14. The Kier molecular flexibility index (Phi) is 5.50. The van der Waals surface area contributed by atoms with E-state index in [-0.39, 0.29) is 0 Å². The van der Waals surface area contributed by atoms with Crippen molar-refractivity contribution < 1.29 is 0 Å². The third kappa shape index (κ3) is 4.97. The second kappa shape index (κ2) is 7.36. The van der Waals surface area contributed by atoms with Gasteiger partial charge in [0.05, 0.1) is 6.20 Å². The van der Waals surface area contributed by atoms with Gasteiger partial charge in [0.2, 0.25) is 5.95 Å². The van der Waals surface area contributed by atoms with Crippen LogP contribution in [0.4, 0.5) is 17.5 Å². The van der Waals surface area contributed by atoms with Crippen LogP contribution in [0, 0.1) is 12.8 Å². The van der Waals surface area contributed by atoms with Crippen LogP contribution in [-0.4, -0.2) is 21.7 Å². The second-order valence-electron chi connectivity index (χ2n) is 5.36. The number of nitrogens with zero attached hydrogens (tertiary/aromatic N) is 3. The van der Waals surface area contributed by atoms with E-state index in [1.54, 1.807) is 6.20 Å². The molecule has 1 aromatic carbocycles. The normalized spacial score (nSPS) is 10.7. The molecule has 0 saturated heterocycles. The smallest absolute Gasteiger partial charge is 0.244 e. The lowest BCUT2D eigenvalue weighted by molar-refractivity contribution is 0.605. The molecule has 1 heterocycles. The van der Waals surface area contributed by atoms with E-state index in [2.05, 4.69) is 62.5 Å². The molecule has 5 nitrogen and oxygen atoms in total. The van der Waals surface area contributed by atoms with Crippen LogP contribution in [0.2, 0.25) is 0 Å². The predicted molar refractivity (Wildman–Crippen MR) is 89.9 cm³/mol. The Morgan fingerprint density at radius 3 is 2.81 bits per heavy atom. The van der Waals surface area contributed by atoms with Crippen molar-refractivity contribution >= 4 is 33.4 Å². The van der Waals surface area contributed by atoms with E-state index in [1.807, 2.05) is 18.2 Å². The van der Waals surface area contributed by atoms with Crippen LogP contribution >= 0.6 is 15.9 Å². The minimum atomic E-state index is 0.548. The molecule has 1 aromatic heterocycles. The van der Waals surface area contributed by atoms with Crippen LogP contribution in [0.3, 0.4) is 0 Å². The third-order valence-corrected chi connectivity index (χ3v) is 3.86. The van der Waals surface area contributed by atoms with Crippen molar-refractivity contribution in [2.75, 3.05) is 17.2 Å². The van der Waals surface area contributed by atoms with Crippen LogP contribution in [0.1, 0.15) is 25.8 Å². The summed E-state index contributed by atoms with van der Waals surface area (Å²) in [6, 6.07) is 6.07. The number of aryl methyl sites for hydroxylation is 1. The maximum Gasteiger partial charge on any atom is 0.244 e. The first-order valence-corrected chi connectivity index (χ1v) is 7.80. The average Bonchev–Trinajstić information content (AvgIpc) is 2.43. The molecular formula is C15H20BrN5. The van der Waals surface area contributed by atoms with Crippen molar-refractivity contribution in [2.45, 2.75) is 27.2 Å². The highest BCUT2D eigenvalue weighted by atomic mass is 79.9. The van der Waals surface area contributed by atoms with Crippen LogP contribution in [0.15, 0.2) is 28.9 Å². The zero-order valence-corrected chi connectivity index (χ0v) is 14.1. The van der Waals surface area contributed by atoms with Crippen molar-refractivity contribution in [3.63, 3.8) is 0 Å². The molecule has 112 valence electrons. The van der Waals surface area contributed by atoms with E-state index in [4.69, 9.17) is 0 Å². The molecule has 6 heteroatoms. The van der Waals surface area contributed by atoms with Crippen molar-refractivity contribution in [1.82, 2.24) is 15.2 Å². The maximum absolute atomic E-state index is 4.41.